The quantitative estimate of drug-likeness (QED) is 0.757. The molecule has 20 heavy (non-hydrogen) atoms. The molecule has 1 aromatic rings. The molecule has 0 aliphatic carbocycles. The second kappa shape index (κ2) is 8.78. The van der Waals surface area contributed by atoms with Crippen LogP contribution in [0.3, 0.4) is 0 Å². The smallest absolute Gasteiger partial charge is 0.224 e. The number of hydrogen-bond acceptors (Lipinski definition) is 1. The molecule has 0 fully saturated rings. The predicted molar refractivity (Wildman–Crippen MR) is 85.9 cm³/mol. The third-order valence-corrected chi connectivity index (χ3v) is 4.07. The van der Waals surface area contributed by atoms with E-state index in [9.17, 15) is 4.79 Å². The Kier molecular flexibility index (Phi) is 7.35. The number of rotatable bonds is 8. The molecular weight excluding hydrogens is 246 g/mol. The summed E-state index contributed by atoms with van der Waals surface area (Å²) >= 11 is 0. The molecule has 0 saturated heterocycles. The van der Waals surface area contributed by atoms with Gasteiger partial charge < -0.3 is 5.32 Å². The molecule has 112 valence electrons. The van der Waals surface area contributed by atoms with Gasteiger partial charge in [-0.3, -0.25) is 4.79 Å². The van der Waals surface area contributed by atoms with Crippen molar-refractivity contribution in [1.82, 2.24) is 5.32 Å². The van der Waals surface area contributed by atoms with Crippen LogP contribution >= 0.6 is 0 Å². The van der Waals surface area contributed by atoms with Gasteiger partial charge in [-0.25, -0.2) is 0 Å². The summed E-state index contributed by atoms with van der Waals surface area (Å²) in [6.45, 7) is 9.42. The van der Waals surface area contributed by atoms with E-state index in [4.69, 9.17) is 0 Å². The molecule has 1 atom stereocenters. The molecule has 1 aromatic carbocycles. The molecular formula is C18H29NO. The van der Waals surface area contributed by atoms with E-state index < -0.39 is 0 Å². The van der Waals surface area contributed by atoms with Gasteiger partial charge in [-0.15, -0.1) is 0 Å². The van der Waals surface area contributed by atoms with Crippen LogP contribution in [0.5, 0.6) is 0 Å². The number of amides is 1. The fourth-order valence-corrected chi connectivity index (χ4v) is 2.36. The highest BCUT2D eigenvalue weighted by atomic mass is 16.1. The Morgan fingerprint density at radius 2 is 1.95 bits per heavy atom. The number of hydrogen-bond donors (Lipinski definition) is 1. The lowest BCUT2D eigenvalue weighted by Crippen LogP contribution is -2.30. The van der Waals surface area contributed by atoms with Gasteiger partial charge in [0.2, 0.25) is 5.91 Å². The van der Waals surface area contributed by atoms with E-state index in [0.717, 1.165) is 18.5 Å². The van der Waals surface area contributed by atoms with Crippen LogP contribution in [-0.4, -0.2) is 12.5 Å². The Morgan fingerprint density at radius 1 is 1.20 bits per heavy atom. The number of carbonyl (C=O) groups is 1. The lowest BCUT2D eigenvalue weighted by molar-refractivity contribution is -0.120. The Bertz CT molecular complexity index is 425. The average Bonchev–Trinajstić information content (AvgIpc) is 2.43. The standard InChI is InChI=1S/C18H29NO/c1-5-7-8-16(6-2)13-19-18(20)12-17-10-9-14(3)15(4)11-17/h9-11,16H,5-8,12-13H2,1-4H3,(H,19,20)/t16-/m1/s1. The van der Waals surface area contributed by atoms with E-state index in [1.54, 1.807) is 0 Å². The van der Waals surface area contributed by atoms with Crippen LogP contribution < -0.4 is 5.32 Å². The van der Waals surface area contributed by atoms with Crippen LogP contribution in [0.25, 0.3) is 0 Å². The molecule has 0 saturated carbocycles. The Hall–Kier alpha value is -1.31. The van der Waals surface area contributed by atoms with Crippen molar-refractivity contribution in [3.05, 3.63) is 34.9 Å². The van der Waals surface area contributed by atoms with Gasteiger partial charge in [-0.2, -0.15) is 0 Å². The van der Waals surface area contributed by atoms with E-state index in [0.29, 0.717) is 12.3 Å². The molecule has 0 bridgehead atoms. The summed E-state index contributed by atoms with van der Waals surface area (Å²) in [6.07, 6.45) is 5.34. The fourth-order valence-electron chi connectivity index (χ4n) is 2.36. The molecule has 0 aliphatic heterocycles. The van der Waals surface area contributed by atoms with Gasteiger partial charge in [0.1, 0.15) is 0 Å². The number of benzene rings is 1. The number of unbranched alkanes of at least 4 members (excludes halogenated alkanes) is 1. The Morgan fingerprint density at radius 3 is 2.55 bits per heavy atom. The molecule has 2 nitrogen and oxygen atoms in total. The monoisotopic (exact) mass is 275 g/mol. The summed E-state index contributed by atoms with van der Waals surface area (Å²) in [7, 11) is 0. The summed E-state index contributed by atoms with van der Waals surface area (Å²) in [5, 5.41) is 3.09. The first-order chi connectivity index (χ1) is 9.56. The first-order valence-corrected chi connectivity index (χ1v) is 7.89. The zero-order chi connectivity index (χ0) is 15.0. The van der Waals surface area contributed by atoms with Crippen LogP contribution in [0.2, 0.25) is 0 Å². The molecule has 0 heterocycles. The second-order valence-electron chi connectivity index (χ2n) is 5.82. The molecule has 1 N–H and O–H groups in total. The van der Waals surface area contributed by atoms with Gasteiger partial charge in [0.15, 0.2) is 0 Å². The van der Waals surface area contributed by atoms with Crippen LogP contribution in [0.15, 0.2) is 18.2 Å². The first-order valence-electron chi connectivity index (χ1n) is 7.89. The summed E-state index contributed by atoms with van der Waals surface area (Å²) < 4.78 is 0. The predicted octanol–water partition coefficient (Wildman–Crippen LogP) is 4.18. The number of carbonyl (C=O) groups excluding carboxylic acids is 1. The van der Waals surface area contributed by atoms with E-state index in [-0.39, 0.29) is 5.91 Å². The van der Waals surface area contributed by atoms with Gasteiger partial charge >= 0.3 is 0 Å². The number of nitrogens with one attached hydrogen (secondary N) is 1. The van der Waals surface area contributed by atoms with Crippen molar-refractivity contribution in [2.45, 2.75) is 59.8 Å². The lowest BCUT2D eigenvalue weighted by Gasteiger charge is -2.15. The maximum Gasteiger partial charge on any atom is 0.224 e. The lowest BCUT2D eigenvalue weighted by atomic mass is 9.99. The van der Waals surface area contributed by atoms with Crippen LogP contribution in [0, 0.1) is 19.8 Å². The van der Waals surface area contributed by atoms with Crippen molar-refractivity contribution < 1.29 is 4.79 Å². The van der Waals surface area contributed by atoms with Gasteiger partial charge in [0.25, 0.3) is 0 Å². The summed E-state index contributed by atoms with van der Waals surface area (Å²) in [4.78, 5) is 12.0. The number of aryl methyl sites for hydroxylation is 2. The topological polar surface area (TPSA) is 29.1 Å². The highest BCUT2D eigenvalue weighted by molar-refractivity contribution is 5.78. The van der Waals surface area contributed by atoms with E-state index >= 15 is 0 Å². The maximum atomic E-state index is 12.0. The molecule has 1 rings (SSSR count). The van der Waals surface area contributed by atoms with E-state index in [2.05, 4.69) is 51.2 Å². The van der Waals surface area contributed by atoms with Crippen molar-refractivity contribution in [1.29, 1.82) is 0 Å². The minimum Gasteiger partial charge on any atom is -0.356 e. The summed E-state index contributed by atoms with van der Waals surface area (Å²) in [5.41, 5.74) is 3.64. The molecule has 0 aliphatic rings. The third-order valence-electron chi connectivity index (χ3n) is 4.07. The normalized spacial score (nSPS) is 12.2. The van der Waals surface area contributed by atoms with Crippen LogP contribution in [-0.2, 0) is 11.2 Å². The van der Waals surface area contributed by atoms with Gasteiger partial charge in [0, 0.05) is 6.54 Å². The molecule has 1 amide bonds. The molecule has 0 spiro atoms. The Balaban J connectivity index is 2.40. The minimum absolute atomic E-state index is 0.142. The molecule has 0 aromatic heterocycles. The van der Waals surface area contributed by atoms with Gasteiger partial charge in [-0.1, -0.05) is 51.3 Å². The van der Waals surface area contributed by atoms with E-state index in [1.165, 1.54) is 30.4 Å². The molecule has 0 radical (unpaired) electrons. The summed E-state index contributed by atoms with van der Waals surface area (Å²) in [6, 6.07) is 6.26. The minimum atomic E-state index is 0.142. The fraction of sp³-hybridized carbons (Fsp3) is 0.611. The van der Waals surface area contributed by atoms with Crippen molar-refractivity contribution in [3.63, 3.8) is 0 Å². The van der Waals surface area contributed by atoms with Gasteiger partial charge in [-0.05, 0) is 42.9 Å². The van der Waals surface area contributed by atoms with E-state index in [1.807, 2.05) is 0 Å². The molecule has 2 heteroatoms. The average molecular weight is 275 g/mol. The van der Waals surface area contributed by atoms with Gasteiger partial charge in [0.05, 0.1) is 6.42 Å². The zero-order valence-corrected chi connectivity index (χ0v) is 13.5. The maximum absolute atomic E-state index is 12.0. The summed E-state index contributed by atoms with van der Waals surface area (Å²) in [5.74, 6) is 0.766. The third kappa shape index (κ3) is 5.77. The SMILES string of the molecule is CCCC[C@@H](CC)CNC(=O)Cc1ccc(C)c(C)c1. The second-order valence-corrected chi connectivity index (χ2v) is 5.82. The highest BCUT2D eigenvalue weighted by Crippen LogP contribution is 2.12. The van der Waals surface area contributed by atoms with Crippen molar-refractivity contribution >= 4 is 5.91 Å². The van der Waals surface area contributed by atoms with Crippen molar-refractivity contribution in [2.75, 3.05) is 6.54 Å². The largest absolute Gasteiger partial charge is 0.356 e. The van der Waals surface area contributed by atoms with Crippen molar-refractivity contribution in [3.8, 4) is 0 Å². The van der Waals surface area contributed by atoms with Crippen LogP contribution in [0.4, 0.5) is 0 Å². The first kappa shape index (κ1) is 16.7. The zero-order valence-electron chi connectivity index (χ0n) is 13.5. The van der Waals surface area contributed by atoms with Crippen LogP contribution in [0.1, 0.15) is 56.2 Å². The molecule has 0 unspecified atom stereocenters. The Labute approximate surface area is 124 Å². The highest BCUT2D eigenvalue weighted by Gasteiger charge is 2.09. The van der Waals surface area contributed by atoms with Crippen molar-refractivity contribution in [2.24, 2.45) is 5.92 Å².